The van der Waals surface area contributed by atoms with E-state index in [0.717, 1.165) is 24.6 Å². The van der Waals surface area contributed by atoms with Crippen molar-refractivity contribution in [2.45, 2.75) is 52.8 Å². The smallest absolute Gasteiger partial charge is 0.314 e. The maximum atomic E-state index is 12.8. The predicted molar refractivity (Wildman–Crippen MR) is 81.2 cm³/mol. The number of benzene rings is 1. The van der Waals surface area contributed by atoms with Gasteiger partial charge in [0.05, 0.1) is 5.56 Å². The van der Waals surface area contributed by atoms with Crippen molar-refractivity contribution < 1.29 is 13.2 Å². The number of hydrogen-bond acceptors (Lipinski definition) is 1. The summed E-state index contributed by atoms with van der Waals surface area (Å²) in [6.07, 6.45) is -2.55. The predicted octanol–water partition coefficient (Wildman–Crippen LogP) is 4.91. The molecule has 0 heterocycles. The second-order valence-electron chi connectivity index (χ2n) is 6.05. The Bertz CT molecular complexity index is 426. The maximum absolute atomic E-state index is 12.8. The van der Waals surface area contributed by atoms with Crippen LogP contribution in [0.4, 0.5) is 13.2 Å². The van der Waals surface area contributed by atoms with E-state index in [0.29, 0.717) is 24.3 Å². The molecule has 2 atom stereocenters. The zero-order valence-electron chi connectivity index (χ0n) is 13.3. The molecular formula is C17H26F3N. The average Bonchev–Trinajstić information content (AvgIpc) is 2.41. The third kappa shape index (κ3) is 5.70. The Morgan fingerprint density at radius 3 is 2.33 bits per heavy atom. The van der Waals surface area contributed by atoms with Crippen LogP contribution in [0.1, 0.15) is 45.2 Å². The van der Waals surface area contributed by atoms with Crippen LogP contribution < -0.4 is 5.32 Å². The molecule has 0 spiro atoms. The quantitative estimate of drug-likeness (QED) is 0.754. The van der Waals surface area contributed by atoms with E-state index in [-0.39, 0.29) is 0 Å². The minimum absolute atomic E-state index is 0.291. The molecular weight excluding hydrogens is 275 g/mol. The van der Waals surface area contributed by atoms with Crippen LogP contribution in [-0.4, -0.2) is 12.6 Å². The second-order valence-corrected chi connectivity index (χ2v) is 6.05. The Morgan fingerprint density at radius 1 is 1.14 bits per heavy atom. The lowest BCUT2D eigenvalue weighted by Gasteiger charge is -2.28. The van der Waals surface area contributed by atoms with Crippen molar-refractivity contribution >= 4 is 0 Å². The standard InChI is InChI=1S/C17H26F3N/c1-5-9-21-13(4)16(12(2)3)11-14-7-6-8-15(10-14)17(18,19)20/h6-8,10,12-13,16,21H,5,9,11H2,1-4H3. The zero-order chi connectivity index (χ0) is 16.0. The maximum Gasteiger partial charge on any atom is 0.416 e. The molecule has 0 amide bonds. The summed E-state index contributed by atoms with van der Waals surface area (Å²) in [6.45, 7) is 9.42. The lowest BCUT2D eigenvalue weighted by Crippen LogP contribution is -2.37. The first-order valence-corrected chi connectivity index (χ1v) is 7.65. The summed E-state index contributed by atoms with van der Waals surface area (Å²) in [7, 11) is 0. The molecule has 0 bridgehead atoms. The van der Waals surface area contributed by atoms with Crippen LogP contribution in [0.25, 0.3) is 0 Å². The largest absolute Gasteiger partial charge is 0.416 e. The molecule has 1 nitrogen and oxygen atoms in total. The first kappa shape index (κ1) is 18.0. The zero-order valence-corrected chi connectivity index (χ0v) is 13.3. The van der Waals surface area contributed by atoms with Gasteiger partial charge in [-0.1, -0.05) is 39.0 Å². The number of hydrogen-bond donors (Lipinski definition) is 1. The fourth-order valence-corrected chi connectivity index (χ4v) is 2.66. The normalized spacial score (nSPS) is 15.2. The van der Waals surface area contributed by atoms with E-state index in [2.05, 4.69) is 33.0 Å². The summed E-state index contributed by atoms with van der Waals surface area (Å²) in [5, 5.41) is 3.46. The summed E-state index contributed by atoms with van der Waals surface area (Å²) in [5.74, 6) is 0.735. The van der Waals surface area contributed by atoms with E-state index < -0.39 is 11.7 Å². The molecule has 0 aliphatic rings. The molecule has 4 heteroatoms. The van der Waals surface area contributed by atoms with Crippen LogP contribution >= 0.6 is 0 Å². The van der Waals surface area contributed by atoms with Crippen molar-refractivity contribution in [2.75, 3.05) is 6.54 Å². The molecule has 0 radical (unpaired) electrons. The summed E-state index contributed by atoms with van der Waals surface area (Å²) >= 11 is 0. The molecule has 0 aliphatic heterocycles. The molecule has 1 rings (SSSR count). The van der Waals surface area contributed by atoms with Crippen molar-refractivity contribution in [1.82, 2.24) is 5.32 Å². The van der Waals surface area contributed by atoms with E-state index in [1.807, 2.05) is 0 Å². The molecule has 120 valence electrons. The van der Waals surface area contributed by atoms with Gasteiger partial charge in [-0.25, -0.2) is 0 Å². The molecule has 1 N–H and O–H groups in total. The van der Waals surface area contributed by atoms with Crippen LogP contribution in [0.2, 0.25) is 0 Å². The SMILES string of the molecule is CCCNC(C)C(Cc1cccc(C(F)(F)F)c1)C(C)C. The number of halogens is 3. The minimum atomic E-state index is -4.27. The highest BCUT2D eigenvalue weighted by atomic mass is 19.4. The van der Waals surface area contributed by atoms with Crippen LogP contribution in [0.15, 0.2) is 24.3 Å². The molecule has 21 heavy (non-hydrogen) atoms. The van der Waals surface area contributed by atoms with Gasteiger partial charge in [-0.3, -0.25) is 0 Å². The lowest BCUT2D eigenvalue weighted by molar-refractivity contribution is -0.137. The van der Waals surface area contributed by atoms with Crippen molar-refractivity contribution in [3.8, 4) is 0 Å². The van der Waals surface area contributed by atoms with Gasteiger partial charge >= 0.3 is 6.18 Å². The van der Waals surface area contributed by atoms with Gasteiger partial charge in [-0.05, 0) is 49.8 Å². The number of rotatable bonds is 7. The van der Waals surface area contributed by atoms with Gasteiger partial charge in [-0.15, -0.1) is 0 Å². The van der Waals surface area contributed by atoms with Crippen molar-refractivity contribution in [1.29, 1.82) is 0 Å². The second kappa shape index (κ2) is 7.83. The van der Waals surface area contributed by atoms with Gasteiger partial charge in [0, 0.05) is 6.04 Å². The Hall–Kier alpha value is -1.03. The summed E-state index contributed by atoms with van der Waals surface area (Å²) < 4.78 is 38.3. The minimum Gasteiger partial charge on any atom is -0.314 e. The first-order valence-electron chi connectivity index (χ1n) is 7.65. The first-order chi connectivity index (χ1) is 9.75. The molecule has 0 aliphatic carbocycles. The van der Waals surface area contributed by atoms with Crippen LogP contribution in [0.3, 0.4) is 0 Å². The van der Waals surface area contributed by atoms with Crippen LogP contribution in [-0.2, 0) is 12.6 Å². The van der Waals surface area contributed by atoms with Gasteiger partial charge in [0.1, 0.15) is 0 Å². The van der Waals surface area contributed by atoms with E-state index in [9.17, 15) is 13.2 Å². The third-order valence-electron chi connectivity index (χ3n) is 3.94. The van der Waals surface area contributed by atoms with Gasteiger partial charge in [0.15, 0.2) is 0 Å². The van der Waals surface area contributed by atoms with Crippen molar-refractivity contribution in [2.24, 2.45) is 11.8 Å². The highest BCUT2D eigenvalue weighted by Crippen LogP contribution is 2.30. The molecule has 0 saturated heterocycles. The van der Waals surface area contributed by atoms with Gasteiger partial charge in [-0.2, -0.15) is 13.2 Å². The molecule has 0 aromatic heterocycles. The van der Waals surface area contributed by atoms with Gasteiger partial charge in [0.25, 0.3) is 0 Å². The van der Waals surface area contributed by atoms with Crippen LogP contribution in [0.5, 0.6) is 0 Å². The lowest BCUT2D eigenvalue weighted by atomic mass is 9.83. The fraction of sp³-hybridized carbons (Fsp3) is 0.647. The van der Waals surface area contributed by atoms with Gasteiger partial charge < -0.3 is 5.32 Å². The summed E-state index contributed by atoms with van der Waals surface area (Å²) in [5.41, 5.74) is 0.199. The van der Waals surface area contributed by atoms with Crippen LogP contribution in [0, 0.1) is 11.8 Å². The number of alkyl halides is 3. The number of nitrogens with one attached hydrogen (secondary N) is 1. The Kier molecular flexibility index (Phi) is 6.72. The molecule has 1 aromatic rings. The van der Waals surface area contributed by atoms with E-state index >= 15 is 0 Å². The third-order valence-corrected chi connectivity index (χ3v) is 3.94. The van der Waals surface area contributed by atoms with Gasteiger partial charge in [0.2, 0.25) is 0 Å². The molecule has 2 unspecified atom stereocenters. The monoisotopic (exact) mass is 301 g/mol. The molecule has 0 fully saturated rings. The average molecular weight is 301 g/mol. The van der Waals surface area contributed by atoms with Crippen molar-refractivity contribution in [3.05, 3.63) is 35.4 Å². The fourth-order valence-electron chi connectivity index (χ4n) is 2.66. The van der Waals surface area contributed by atoms with Crippen molar-refractivity contribution in [3.63, 3.8) is 0 Å². The Labute approximate surface area is 125 Å². The Balaban J connectivity index is 2.84. The van der Waals surface area contributed by atoms with E-state index in [1.54, 1.807) is 6.07 Å². The van der Waals surface area contributed by atoms with E-state index in [1.165, 1.54) is 12.1 Å². The van der Waals surface area contributed by atoms with E-state index in [4.69, 9.17) is 0 Å². The topological polar surface area (TPSA) is 12.0 Å². The summed E-state index contributed by atoms with van der Waals surface area (Å²) in [6, 6.07) is 5.99. The molecule has 0 saturated carbocycles. The Morgan fingerprint density at radius 2 is 1.81 bits per heavy atom. The highest BCUT2D eigenvalue weighted by Gasteiger charge is 2.30. The highest BCUT2D eigenvalue weighted by molar-refractivity contribution is 5.26. The molecule has 1 aromatic carbocycles. The summed E-state index contributed by atoms with van der Waals surface area (Å²) in [4.78, 5) is 0.